The van der Waals surface area contributed by atoms with Crippen molar-refractivity contribution in [3.05, 3.63) is 89.2 Å². The maximum Gasteiger partial charge on any atom is 0.340 e. The second kappa shape index (κ2) is 9.21. The summed E-state index contributed by atoms with van der Waals surface area (Å²) >= 11 is 0. The quantitative estimate of drug-likeness (QED) is 0.525. The fourth-order valence-electron chi connectivity index (χ4n) is 3.69. The van der Waals surface area contributed by atoms with Crippen LogP contribution in [-0.2, 0) is 16.1 Å². The SMILES string of the molecule is Cc1cc(C(=O)OCC(=O)N(Cc2ccccc2)C(C)(C)C)c(C)n1-c1ccccc1. The summed E-state index contributed by atoms with van der Waals surface area (Å²) in [6.07, 6.45) is 0. The molecule has 5 nitrogen and oxygen atoms in total. The maximum absolute atomic E-state index is 13.0. The number of hydrogen-bond acceptors (Lipinski definition) is 3. The molecule has 1 aromatic heterocycles. The Morgan fingerprint density at radius 2 is 1.52 bits per heavy atom. The first-order valence-electron chi connectivity index (χ1n) is 10.4. The molecule has 0 bridgehead atoms. The highest BCUT2D eigenvalue weighted by Gasteiger charge is 2.28. The van der Waals surface area contributed by atoms with E-state index in [9.17, 15) is 9.59 Å². The second-order valence-electron chi connectivity index (χ2n) is 8.67. The molecular formula is C26H30N2O3. The second-order valence-corrected chi connectivity index (χ2v) is 8.67. The fourth-order valence-corrected chi connectivity index (χ4v) is 3.69. The molecule has 3 rings (SSSR count). The van der Waals surface area contributed by atoms with Gasteiger partial charge in [-0.15, -0.1) is 0 Å². The van der Waals surface area contributed by atoms with Gasteiger partial charge in [0, 0.05) is 29.2 Å². The summed E-state index contributed by atoms with van der Waals surface area (Å²) in [6.45, 7) is 9.93. The molecule has 1 amide bonds. The van der Waals surface area contributed by atoms with Crippen LogP contribution < -0.4 is 0 Å². The Balaban J connectivity index is 1.73. The topological polar surface area (TPSA) is 51.5 Å². The number of carbonyl (C=O) groups excluding carboxylic acids is 2. The average molecular weight is 419 g/mol. The third-order valence-electron chi connectivity index (χ3n) is 5.29. The van der Waals surface area contributed by atoms with E-state index in [1.807, 2.05) is 99.8 Å². The van der Waals surface area contributed by atoms with Crippen molar-refractivity contribution in [2.24, 2.45) is 0 Å². The molecule has 0 aliphatic rings. The van der Waals surface area contributed by atoms with Crippen LogP contribution in [0.15, 0.2) is 66.7 Å². The molecule has 162 valence electrons. The van der Waals surface area contributed by atoms with E-state index in [2.05, 4.69) is 0 Å². The van der Waals surface area contributed by atoms with Gasteiger partial charge in [-0.25, -0.2) is 4.79 Å². The van der Waals surface area contributed by atoms with E-state index in [4.69, 9.17) is 4.74 Å². The molecule has 0 fully saturated rings. The number of esters is 1. The maximum atomic E-state index is 13.0. The van der Waals surface area contributed by atoms with E-state index in [0.29, 0.717) is 12.1 Å². The molecular weight excluding hydrogens is 388 g/mol. The molecule has 0 unspecified atom stereocenters. The van der Waals surface area contributed by atoms with Crippen molar-refractivity contribution in [3.63, 3.8) is 0 Å². The fraction of sp³-hybridized carbons (Fsp3) is 0.308. The number of rotatable bonds is 6. The zero-order chi connectivity index (χ0) is 22.6. The molecule has 0 N–H and O–H groups in total. The Morgan fingerprint density at radius 3 is 2.10 bits per heavy atom. The first-order valence-corrected chi connectivity index (χ1v) is 10.4. The van der Waals surface area contributed by atoms with Gasteiger partial charge in [-0.2, -0.15) is 0 Å². The zero-order valence-corrected chi connectivity index (χ0v) is 18.9. The van der Waals surface area contributed by atoms with E-state index in [-0.39, 0.29) is 12.5 Å². The van der Waals surface area contributed by atoms with Gasteiger partial charge in [0.25, 0.3) is 5.91 Å². The summed E-state index contributed by atoms with van der Waals surface area (Å²) in [6, 6.07) is 21.5. The molecule has 0 aliphatic heterocycles. The van der Waals surface area contributed by atoms with Gasteiger partial charge in [-0.05, 0) is 58.4 Å². The summed E-state index contributed by atoms with van der Waals surface area (Å²) < 4.78 is 7.45. The summed E-state index contributed by atoms with van der Waals surface area (Å²) in [5, 5.41) is 0. The molecule has 1 heterocycles. The molecule has 0 spiro atoms. The molecule has 2 aromatic carbocycles. The largest absolute Gasteiger partial charge is 0.452 e. The van der Waals surface area contributed by atoms with Gasteiger partial charge in [0.05, 0.1) is 5.56 Å². The van der Waals surface area contributed by atoms with E-state index in [0.717, 1.165) is 22.6 Å². The highest BCUT2D eigenvalue weighted by molar-refractivity contribution is 5.93. The highest BCUT2D eigenvalue weighted by Crippen LogP contribution is 2.22. The van der Waals surface area contributed by atoms with Crippen LogP contribution in [0.3, 0.4) is 0 Å². The van der Waals surface area contributed by atoms with E-state index in [1.165, 1.54) is 0 Å². The summed E-state index contributed by atoms with van der Waals surface area (Å²) in [7, 11) is 0. The first-order chi connectivity index (χ1) is 14.7. The van der Waals surface area contributed by atoms with Crippen LogP contribution in [0.25, 0.3) is 5.69 Å². The summed E-state index contributed by atoms with van der Waals surface area (Å²) in [5.74, 6) is -0.709. The molecule has 0 saturated carbocycles. The van der Waals surface area contributed by atoms with E-state index >= 15 is 0 Å². The van der Waals surface area contributed by atoms with Crippen LogP contribution in [-0.4, -0.2) is 33.5 Å². The van der Waals surface area contributed by atoms with Crippen LogP contribution >= 0.6 is 0 Å². The predicted molar refractivity (Wildman–Crippen MR) is 122 cm³/mol. The third kappa shape index (κ3) is 5.23. The lowest BCUT2D eigenvalue weighted by atomic mass is 10.0. The Morgan fingerprint density at radius 1 is 0.935 bits per heavy atom. The van der Waals surface area contributed by atoms with E-state index < -0.39 is 11.5 Å². The van der Waals surface area contributed by atoms with Crippen LogP contribution in [0.5, 0.6) is 0 Å². The normalized spacial score (nSPS) is 11.3. The van der Waals surface area contributed by atoms with Crippen LogP contribution in [0.4, 0.5) is 0 Å². The van der Waals surface area contributed by atoms with Crippen molar-refractivity contribution in [2.75, 3.05) is 6.61 Å². The van der Waals surface area contributed by atoms with Crippen molar-refractivity contribution in [2.45, 2.75) is 46.7 Å². The minimum atomic E-state index is -0.489. The number of carbonyl (C=O) groups is 2. The van der Waals surface area contributed by atoms with Gasteiger partial charge in [0.2, 0.25) is 0 Å². The lowest BCUT2D eigenvalue weighted by Crippen LogP contribution is -2.46. The van der Waals surface area contributed by atoms with Gasteiger partial charge in [-0.3, -0.25) is 4.79 Å². The highest BCUT2D eigenvalue weighted by atomic mass is 16.5. The number of aryl methyl sites for hydroxylation is 1. The monoisotopic (exact) mass is 418 g/mol. The Labute approximate surface area is 184 Å². The molecule has 0 radical (unpaired) electrons. The average Bonchev–Trinajstić information content (AvgIpc) is 3.04. The first kappa shape index (κ1) is 22.3. The predicted octanol–water partition coefficient (Wildman–Crippen LogP) is 5.08. The van der Waals surface area contributed by atoms with E-state index in [1.54, 1.807) is 11.0 Å². The molecule has 0 aliphatic carbocycles. The number of aromatic nitrogens is 1. The van der Waals surface area contributed by atoms with Gasteiger partial charge in [0.1, 0.15) is 0 Å². The Hall–Kier alpha value is -3.34. The molecule has 0 saturated heterocycles. The van der Waals surface area contributed by atoms with Crippen LogP contribution in [0, 0.1) is 13.8 Å². The van der Waals surface area contributed by atoms with Gasteiger partial charge < -0.3 is 14.2 Å². The van der Waals surface area contributed by atoms with Crippen molar-refractivity contribution >= 4 is 11.9 Å². The number of benzene rings is 2. The third-order valence-corrected chi connectivity index (χ3v) is 5.29. The van der Waals surface area contributed by atoms with Gasteiger partial charge in [-0.1, -0.05) is 48.5 Å². The molecule has 0 atom stereocenters. The Bertz CT molecular complexity index is 1050. The number of nitrogens with zero attached hydrogens (tertiary/aromatic N) is 2. The number of amides is 1. The van der Waals surface area contributed by atoms with Crippen LogP contribution in [0.2, 0.25) is 0 Å². The van der Waals surface area contributed by atoms with Crippen molar-refractivity contribution < 1.29 is 14.3 Å². The van der Waals surface area contributed by atoms with Crippen molar-refractivity contribution in [3.8, 4) is 5.69 Å². The van der Waals surface area contributed by atoms with Gasteiger partial charge >= 0.3 is 5.97 Å². The van der Waals surface area contributed by atoms with Gasteiger partial charge in [0.15, 0.2) is 6.61 Å². The standard InChI is InChI=1S/C26H30N2O3/c1-19-16-23(20(2)28(19)22-14-10-7-11-15-22)25(30)31-18-24(29)27(26(3,4)5)17-21-12-8-6-9-13-21/h6-16H,17-18H2,1-5H3. The summed E-state index contributed by atoms with van der Waals surface area (Å²) in [5.41, 5.74) is 3.81. The number of ether oxygens (including phenoxy) is 1. The van der Waals surface area contributed by atoms with Crippen molar-refractivity contribution in [1.82, 2.24) is 9.47 Å². The number of para-hydroxylation sites is 1. The zero-order valence-electron chi connectivity index (χ0n) is 18.9. The lowest BCUT2D eigenvalue weighted by Gasteiger charge is -2.35. The summed E-state index contributed by atoms with van der Waals surface area (Å²) in [4.78, 5) is 27.5. The minimum Gasteiger partial charge on any atom is -0.452 e. The molecule has 31 heavy (non-hydrogen) atoms. The lowest BCUT2D eigenvalue weighted by molar-refractivity contribution is -0.140. The molecule has 3 aromatic rings. The minimum absolute atomic E-state index is 0.221. The number of hydrogen-bond donors (Lipinski definition) is 0. The van der Waals surface area contributed by atoms with Crippen LogP contribution in [0.1, 0.15) is 48.1 Å². The Kier molecular flexibility index (Phi) is 6.64. The van der Waals surface area contributed by atoms with Crippen molar-refractivity contribution in [1.29, 1.82) is 0 Å². The smallest absolute Gasteiger partial charge is 0.340 e. The molecule has 5 heteroatoms.